The molecule has 1 N–H and O–H groups in total. The first-order valence-corrected chi connectivity index (χ1v) is 8.02. The van der Waals surface area contributed by atoms with Crippen molar-refractivity contribution in [2.75, 3.05) is 6.54 Å². The molecule has 1 heterocycles. The van der Waals surface area contributed by atoms with Gasteiger partial charge in [-0.2, -0.15) is 0 Å². The maximum Gasteiger partial charge on any atom is 0.223 e. The normalized spacial score (nSPS) is 20.2. The number of aryl methyl sites for hydroxylation is 1. The second kappa shape index (κ2) is 4.62. The van der Waals surface area contributed by atoms with Crippen molar-refractivity contribution in [3.63, 3.8) is 0 Å². The molecule has 3 heteroatoms. The van der Waals surface area contributed by atoms with Crippen LogP contribution in [-0.4, -0.2) is 17.0 Å². The molecule has 0 spiro atoms. The average Bonchev–Trinajstić information content (AvgIpc) is 3.24. The molecular weight excluding hydrogens is 260 g/mol. The van der Waals surface area contributed by atoms with E-state index >= 15 is 0 Å². The number of hydrogen-bond acceptors (Lipinski definition) is 1. The van der Waals surface area contributed by atoms with E-state index in [1.54, 1.807) is 0 Å². The van der Waals surface area contributed by atoms with Crippen molar-refractivity contribution in [1.29, 1.82) is 0 Å². The van der Waals surface area contributed by atoms with Crippen molar-refractivity contribution in [3.8, 4) is 0 Å². The van der Waals surface area contributed by atoms with Crippen molar-refractivity contribution < 1.29 is 4.79 Å². The molecule has 0 saturated heterocycles. The molecule has 2 aliphatic rings. The predicted octanol–water partition coefficient (Wildman–Crippen LogP) is 3.13. The third kappa shape index (κ3) is 2.06. The fourth-order valence-electron chi connectivity index (χ4n) is 3.66. The first-order chi connectivity index (χ1) is 10.2. The van der Waals surface area contributed by atoms with Crippen molar-refractivity contribution in [2.45, 2.75) is 37.5 Å². The van der Waals surface area contributed by atoms with Crippen molar-refractivity contribution in [2.24, 2.45) is 13.0 Å². The first-order valence-electron chi connectivity index (χ1n) is 8.02. The van der Waals surface area contributed by atoms with E-state index < -0.39 is 0 Å². The molecule has 0 atom stereocenters. The maximum absolute atomic E-state index is 12.0. The van der Waals surface area contributed by atoms with E-state index in [1.165, 1.54) is 35.7 Å². The monoisotopic (exact) mass is 282 g/mol. The van der Waals surface area contributed by atoms with Gasteiger partial charge in [-0.3, -0.25) is 4.79 Å². The summed E-state index contributed by atoms with van der Waals surface area (Å²) in [7, 11) is 2.11. The molecule has 2 aliphatic carbocycles. The third-order valence-corrected chi connectivity index (χ3v) is 5.33. The molecule has 4 rings (SSSR count). The number of carbonyl (C=O) groups is 1. The van der Waals surface area contributed by atoms with Crippen LogP contribution in [0.1, 0.15) is 37.7 Å². The third-order valence-electron chi connectivity index (χ3n) is 5.33. The number of nitrogens with zero attached hydrogens (tertiary/aromatic N) is 1. The van der Waals surface area contributed by atoms with Crippen molar-refractivity contribution in [3.05, 3.63) is 36.0 Å². The van der Waals surface area contributed by atoms with E-state index in [1.807, 2.05) is 0 Å². The van der Waals surface area contributed by atoms with E-state index in [2.05, 4.69) is 47.4 Å². The summed E-state index contributed by atoms with van der Waals surface area (Å²) in [5.74, 6) is 0.566. The second-order valence-electron chi connectivity index (χ2n) is 6.80. The topological polar surface area (TPSA) is 34.0 Å². The van der Waals surface area contributed by atoms with E-state index in [0.717, 1.165) is 19.4 Å². The molecule has 2 saturated carbocycles. The Balaban J connectivity index is 1.65. The van der Waals surface area contributed by atoms with Gasteiger partial charge < -0.3 is 9.88 Å². The Labute approximate surface area is 125 Å². The van der Waals surface area contributed by atoms with E-state index in [4.69, 9.17) is 0 Å². The van der Waals surface area contributed by atoms with Crippen LogP contribution in [0.3, 0.4) is 0 Å². The number of aromatic nitrogens is 1. The quantitative estimate of drug-likeness (QED) is 0.918. The fraction of sp³-hybridized carbons (Fsp3) is 0.500. The Morgan fingerprint density at radius 3 is 2.76 bits per heavy atom. The summed E-state index contributed by atoms with van der Waals surface area (Å²) in [6, 6.07) is 8.59. The SMILES string of the molecule is Cn1cc(C2(CNC(=O)C3CC3)CCC2)c2ccccc21. The molecule has 2 aromatic rings. The highest BCUT2D eigenvalue weighted by atomic mass is 16.2. The Bertz CT molecular complexity index is 692. The van der Waals surface area contributed by atoms with Gasteiger partial charge in [-0.05, 0) is 37.3 Å². The average molecular weight is 282 g/mol. The van der Waals surface area contributed by atoms with Gasteiger partial charge in [-0.25, -0.2) is 0 Å². The number of fused-ring (bicyclic) bond motifs is 1. The highest BCUT2D eigenvalue weighted by Crippen LogP contribution is 2.46. The Morgan fingerprint density at radius 1 is 1.33 bits per heavy atom. The summed E-state index contributed by atoms with van der Waals surface area (Å²) in [4.78, 5) is 12.0. The van der Waals surface area contributed by atoms with Crippen LogP contribution in [0.15, 0.2) is 30.5 Å². The minimum Gasteiger partial charge on any atom is -0.355 e. The van der Waals surface area contributed by atoms with Crippen molar-refractivity contribution in [1.82, 2.24) is 9.88 Å². The zero-order chi connectivity index (χ0) is 14.4. The minimum absolute atomic E-state index is 0.158. The summed E-state index contributed by atoms with van der Waals surface area (Å²) in [5.41, 5.74) is 2.86. The zero-order valence-electron chi connectivity index (χ0n) is 12.6. The van der Waals surface area contributed by atoms with Crippen molar-refractivity contribution >= 4 is 16.8 Å². The van der Waals surface area contributed by atoms with Gasteiger partial charge in [0.1, 0.15) is 0 Å². The lowest BCUT2D eigenvalue weighted by atomic mass is 9.64. The van der Waals surface area contributed by atoms with Gasteiger partial charge in [0.15, 0.2) is 0 Å². The van der Waals surface area contributed by atoms with E-state index in [9.17, 15) is 4.79 Å². The molecule has 2 fully saturated rings. The summed E-state index contributed by atoms with van der Waals surface area (Å²) in [6.45, 7) is 0.802. The molecule has 1 amide bonds. The molecule has 110 valence electrons. The number of carbonyl (C=O) groups excluding carboxylic acids is 1. The van der Waals surface area contributed by atoms with Gasteiger partial charge in [0.05, 0.1) is 0 Å². The summed E-state index contributed by atoms with van der Waals surface area (Å²) in [6.07, 6.45) is 8.06. The molecule has 0 aliphatic heterocycles. The fourth-order valence-corrected chi connectivity index (χ4v) is 3.66. The number of amides is 1. The zero-order valence-corrected chi connectivity index (χ0v) is 12.6. The number of hydrogen-bond donors (Lipinski definition) is 1. The molecule has 0 radical (unpaired) electrons. The molecule has 0 bridgehead atoms. The molecule has 1 aromatic carbocycles. The van der Waals surface area contributed by atoms with Crippen LogP contribution in [0.25, 0.3) is 10.9 Å². The lowest BCUT2D eigenvalue weighted by molar-refractivity contribution is -0.122. The molecular formula is C18H22N2O. The molecule has 3 nitrogen and oxygen atoms in total. The van der Waals surface area contributed by atoms with E-state index in [0.29, 0.717) is 5.92 Å². The van der Waals surface area contributed by atoms with Crippen LogP contribution in [0.4, 0.5) is 0 Å². The Kier molecular flexibility index (Phi) is 2.84. The van der Waals surface area contributed by atoms with Crippen LogP contribution in [0, 0.1) is 5.92 Å². The standard InChI is InChI=1S/C18H22N2O/c1-20-11-15(14-5-2-3-6-16(14)20)18(9-4-10-18)12-19-17(21)13-7-8-13/h2-3,5-6,11,13H,4,7-10,12H2,1H3,(H,19,21). The minimum atomic E-state index is 0.158. The van der Waals surface area contributed by atoms with E-state index in [-0.39, 0.29) is 11.3 Å². The number of para-hydroxylation sites is 1. The van der Waals surface area contributed by atoms with Crippen LogP contribution in [0.5, 0.6) is 0 Å². The highest BCUT2D eigenvalue weighted by molar-refractivity contribution is 5.86. The van der Waals surface area contributed by atoms with Gasteiger partial charge in [-0.15, -0.1) is 0 Å². The summed E-state index contributed by atoms with van der Waals surface area (Å²) in [5, 5.41) is 4.56. The van der Waals surface area contributed by atoms with Gasteiger partial charge in [0, 0.05) is 42.0 Å². The second-order valence-corrected chi connectivity index (χ2v) is 6.80. The van der Waals surface area contributed by atoms with Gasteiger partial charge >= 0.3 is 0 Å². The van der Waals surface area contributed by atoms with Gasteiger partial charge in [-0.1, -0.05) is 24.6 Å². The van der Waals surface area contributed by atoms with Crippen LogP contribution < -0.4 is 5.32 Å². The van der Waals surface area contributed by atoms with Crippen LogP contribution in [-0.2, 0) is 17.3 Å². The number of nitrogens with one attached hydrogen (secondary N) is 1. The maximum atomic E-state index is 12.0. The van der Waals surface area contributed by atoms with Gasteiger partial charge in [0.2, 0.25) is 5.91 Å². The lowest BCUT2D eigenvalue weighted by Crippen LogP contribution is -2.45. The Morgan fingerprint density at radius 2 is 2.10 bits per heavy atom. The Hall–Kier alpha value is -1.77. The lowest BCUT2D eigenvalue weighted by Gasteiger charge is -2.42. The first kappa shape index (κ1) is 12.9. The molecule has 1 aromatic heterocycles. The highest BCUT2D eigenvalue weighted by Gasteiger charge is 2.41. The number of benzene rings is 1. The van der Waals surface area contributed by atoms with Crippen LogP contribution >= 0.6 is 0 Å². The number of rotatable bonds is 4. The van der Waals surface area contributed by atoms with Crippen LogP contribution in [0.2, 0.25) is 0 Å². The predicted molar refractivity (Wildman–Crippen MR) is 84.2 cm³/mol. The summed E-state index contributed by atoms with van der Waals surface area (Å²) < 4.78 is 2.22. The smallest absolute Gasteiger partial charge is 0.223 e. The molecule has 0 unspecified atom stereocenters. The summed E-state index contributed by atoms with van der Waals surface area (Å²) >= 11 is 0. The largest absolute Gasteiger partial charge is 0.355 e. The molecule has 21 heavy (non-hydrogen) atoms. The van der Waals surface area contributed by atoms with Gasteiger partial charge in [0.25, 0.3) is 0 Å².